The van der Waals surface area contributed by atoms with Gasteiger partial charge in [0, 0.05) is 61.7 Å². The highest BCUT2D eigenvalue weighted by molar-refractivity contribution is 6.30. The lowest BCUT2D eigenvalue weighted by Crippen LogP contribution is -2.47. The van der Waals surface area contributed by atoms with Crippen molar-refractivity contribution in [2.45, 2.75) is 0 Å². The smallest absolute Gasteiger partial charge is 0.254 e. The van der Waals surface area contributed by atoms with E-state index in [1.165, 1.54) is 0 Å². The van der Waals surface area contributed by atoms with Gasteiger partial charge in [0.05, 0.1) is 13.2 Å². The SMILES string of the molecule is O=C(c1ccnc(N2CCN(c3cccc(Cl)c3)CC2)c1)N1CCOCC1. The third-order valence-electron chi connectivity index (χ3n) is 5.07. The molecule has 0 atom stereocenters. The lowest BCUT2D eigenvalue weighted by molar-refractivity contribution is 0.0303. The van der Waals surface area contributed by atoms with Crippen molar-refractivity contribution in [3.8, 4) is 0 Å². The van der Waals surface area contributed by atoms with Crippen molar-refractivity contribution in [1.82, 2.24) is 9.88 Å². The maximum atomic E-state index is 12.7. The van der Waals surface area contributed by atoms with Gasteiger partial charge in [-0.05, 0) is 30.3 Å². The molecule has 1 aromatic heterocycles. The summed E-state index contributed by atoms with van der Waals surface area (Å²) in [5.74, 6) is 0.916. The number of amides is 1. The first-order chi connectivity index (χ1) is 13.2. The summed E-state index contributed by atoms with van der Waals surface area (Å²) in [6.07, 6.45) is 1.73. The van der Waals surface area contributed by atoms with E-state index >= 15 is 0 Å². The second-order valence-corrected chi connectivity index (χ2v) is 7.20. The van der Waals surface area contributed by atoms with Crippen LogP contribution < -0.4 is 9.80 Å². The second-order valence-electron chi connectivity index (χ2n) is 6.76. The molecule has 142 valence electrons. The van der Waals surface area contributed by atoms with Crippen LogP contribution in [-0.2, 0) is 4.74 Å². The molecule has 0 spiro atoms. The average Bonchev–Trinajstić information content (AvgIpc) is 2.74. The zero-order valence-electron chi connectivity index (χ0n) is 15.2. The van der Waals surface area contributed by atoms with Crippen LogP contribution in [-0.4, -0.2) is 68.3 Å². The number of carbonyl (C=O) groups excluding carboxylic acids is 1. The largest absolute Gasteiger partial charge is 0.378 e. The van der Waals surface area contributed by atoms with Gasteiger partial charge in [-0.2, -0.15) is 0 Å². The Balaban J connectivity index is 1.42. The third kappa shape index (κ3) is 4.17. The Bertz CT molecular complexity index is 802. The number of nitrogens with zero attached hydrogens (tertiary/aromatic N) is 4. The highest BCUT2D eigenvalue weighted by Gasteiger charge is 2.22. The summed E-state index contributed by atoms with van der Waals surface area (Å²) in [5, 5.41) is 0.755. The quantitative estimate of drug-likeness (QED) is 0.811. The van der Waals surface area contributed by atoms with Crippen molar-refractivity contribution >= 4 is 29.0 Å². The number of hydrogen-bond donors (Lipinski definition) is 0. The second kappa shape index (κ2) is 8.15. The van der Waals surface area contributed by atoms with E-state index in [1.54, 1.807) is 12.3 Å². The van der Waals surface area contributed by atoms with E-state index in [0.717, 1.165) is 42.7 Å². The van der Waals surface area contributed by atoms with E-state index in [1.807, 2.05) is 29.2 Å². The first-order valence-electron chi connectivity index (χ1n) is 9.29. The van der Waals surface area contributed by atoms with Crippen LogP contribution in [0.25, 0.3) is 0 Å². The molecule has 0 N–H and O–H groups in total. The van der Waals surface area contributed by atoms with Crippen LogP contribution in [0.4, 0.5) is 11.5 Å². The molecule has 2 aromatic rings. The van der Waals surface area contributed by atoms with Crippen LogP contribution in [0.5, 0.6) is 0 Å². The molecule has 1 amide bonds. The van der Waals surface area contributed by atoms with Crippen molar-refractivity contribution in [1.29, 1.82) is 0 Å². The molecule has 0 saturated carbocycles. The molecule has 2 fully saturated rings. The number of hydrogen-bond acceptors (Lipinski definition) is 5. The first-order valence-corrected chi connectivity index (χ1v) is 9.67. The van der Waals surface area contributed by atoms with E-state index < -0.39 is 0 Å². The predicted octanol–water partition coefficient (Wildman–Crippen LogP) is 2.53. The average molecular weight is 387 g/mol. The Labute approximate surface area is 164 Å². The van der Waals surface area contributed by atoms with Gasteiger partial charge in [-0.3, -0.25) is 4.79 Å². The molecule has 27 heavy (non-hydrogen) atoms. The Morgan fingerprint density at radius 2 is 1.70 bits per heavy atom. The minimum atomic E-state index is 0.0551. The van der Waals surface area contributed by atoms with Gasteiger partial charge in [-0.15, -0.1) is 0 Å². The van der Waals surface area contributed by atoms with Crippen molar-refractivity contribution in [2.75, 3.05) is 62.3 Å². The fraction of sp³-hybridized carbons (Fsp3) is 0.400. The van der Waals surface area contributed by atoms with Crippen LogP contribution >= 0.6 is 11.6 Å². The number of ether oxygens (including phenoxy) is 1. The van der Waals surface area contributed by atoms with Crippen molar-refractivity contribution < 1.29 is 9.53 Å². The lowest BCUT2D eigenvalue weighted by atomic mass is 10.2. The Kier molecular flexibility index (Phi) is 5.45. The Hall–Kier alpha value is -2.31. The zero-order chi connectivity index (χ0) is 18.6. The summed E-state index contributed by atoms with van der Waals surface area (Å²) >= 11 is 6.11. The number of anilines is 2. The van der Waals surface area contributed by atoms with Gasteiger partial charge in [-0.25, -0.2) is 4.98 Å². The number of pyridine rings is 1. The molecule has 7 heteroatoms. The first kappa shape index (κ1) is 18.1. The number of piperazine rings is 1. The summed E-state index contributed by atoms with van der Waals surface area (Å²) in [6.45, 7) is 6.00. The number of halogens is 1. The van der Waals surface area contributed by atoms with E-state index in [9.17, 15) is 4.79 Å². The summed E-state index contributed by atoms with van der Waals surface area (Å²) in [6, 6.07) is 11.7. The number of morpholine rings is 1. The van der Waals surface area contributed by atoms with E-state index in [0.29, 0.717) is 31.9 Å². The molecule has 0 aliphatic carbocycles. The lowest BCUT2D eigenvalue weighted by Gasteiger charge is -2.37. The van der Waals surface area contributed by atoms with E-state index in [-0.39, 0.29) is 5.91 Å². The standard InChI is InChI=1S/C20H23ClN4O2/c21-17-2-1-3-18(15-17)23-6-8-24(9-7-23)19-14-16(4-5-22-19)20(26)25-10-12-27-13-11-25/h1-5,14-15H,6-13H2. The normalized spacial score (nSPS) is 17.9. The van der Waals surface area contributed by atoms with Crippen molar-refractivity contribution in [3.63, 3.8) is 0 Å². The van der Waals surface area contributed by atoms with Crippen LogP contribution in [0.1, 0.15) is 10.4 Å². The number of aromatic nitrogens is 1. The highest BCUT2D eigenvalue weighted by atomic mass is 35.5. The molecule has 3 heterocycles. The Morgan fingerprint density at radius 3 is 2.44 bits per heavy atom. The molecule has 4 rings (SSSR count). The molecule has 0 bridgehead atoms. The minimum Gasteiger partial charge on any atom is -0.378 e. The fourth-order valence-corrected chi connectivity index (χ4v) is 3.72. The molecule has 2 saturated heterocycles. The van der Waals surface area contributed by atoms with Gasteiger partial charge in [-0.1, -0.05) is 17.7 Å². The number of carbonyl (C=O) groups is 1. The number of rotatable bonds is 3. The maximum absolute atomic E-state index is 12.7. The number of benzene rings is 1. The zero-order valence-corrected chi connectivity index (χ0v) is 15.9. The monoisotopic (exact) mass is 386 g/mol. The topological polar surface area (TPSA) is 48.9 Å². The molecule has 1 aromatic carbocycles. The summed E-state index contributed by atoms with van der Waals surface area (Å²) in [5.41, 5.74) is 1.84. The summed E-state index contributed by atoms with van der Waals surface area (Å²) < 4.78 is 5.33. The fourth-order valence-electron chi connectivity index (χ4n) is 3.54. The minimum absolute atomic E-state index is 0.0551. The van der Waals surface area contributed by atoms with Crippen LogP contribution in [0.3, 0.4) is 0 Å². The predicted molar refractivity (Wildman–Crippen MR) is 107 cm³/mol. The van der Waals surface area contributed by atoms with Gasteiger partial charge in [0.15, 0.2) is 0 Å². The van der Waals surface area contributed by atoms with Gasteiger partial charge < -0.3 is 19.4 Å². The van der Waals surface area contributed by atoms with E-state index in [4.69, 9.17) is 16.3 Å². The molecule has 6 nitrogen and oxygen atoms in total. The van der Waals surface area contributed by atoms with Gasteiger partial charge in [0.2, 0.25) is 0 Å². The maximum Gasteiger partial charge on any atom is 0.254 e. The van der Waals surface area contributed by atoms with Crippen molar-refractivity contribution in [3.05, 3.63) is 53.2 Å². The summed E-state index contributed by atoms with van der Waals surface area (Å²) in [4.78, 5) is 23.6. The third-order valence-corrected chi connectivity index (χ3v) is 5.30. The van der Waals surface area contributed by atoms with Crippen LogP contribution in [0, 0.1) is 0 Å². The molecular weight excluding hydrogens is 364 g/mol. The highest BCUT2D eigenvalue weighted by Crippen LogP contribution is 2.23. The van der Waals surface area contributed by atoms with Crippen LogP contribution in [0.2, 0.25) is 5.02 Å². The van der Waals surface area contributed by atoms with E-state index in [2.05, 4.69) is 20.9 Å². The van der Waals surface area contributed by atoms with Gasteiger partial charge in [0.1, 0.15) is 5.82 Å². The molecule has 0 radical (unpaired) electrons. The molecule has 2 aliphatic heterocycles. The molecule has 0 unspecified atom stereocenters. The van der Waals surface area contributed by atoms with Crippen LogP contribution in [0.15, 0.2) is 42.6 Å². The Morgan fingerprint density at radius 1 is 0.963 bits per heavy atom. The van der Waals surface area contributed by atoms with Crippen molar-refractivity contribution in [2.24, 2.45) is 0 Å². The molecule has 2 aliphatic rings. The van der Waals surface area contributed by atoms with Gasteiger partial charge in [0.25, 0.3) is 5.91 Å². The van der Waals surface area contributed by atoms with Gasteiger partial charge >= 0.3 is 0 Å². The molecular formula is C20H23ClN4O2. The summed E-state index contributed by atoms with van der Waals surface area (Å²) in [7, 11) is 0.